The molecule has 0 spiro atoms. The maximum absolute atomic E-state index is 12.3. The first kappa shape index (κ1) is 13.3. The number of amides is 1. The van der Waals surface area contributed by atoms with E-state index in [0.717, 1.165) is 12.2 Å². The fourth-order valence-corrected chi connectivity index (χ4v) is 2.26. The molecule has 0 aliphatic rings. The van der Waals surface area contributed by atoms with Crippen molar-refractivity contribution in [3.63, 3.8) is 0 Å². The van der Waals surface area contributed by atoms with Crippen molar-refractivity contribution in [2.75, 3.05) is 0 Å². The minimum Gasteiger partial charge on any atom is -0.343 e. The van der Waals surface area contributed by atoms with Crippen molar-refractivity contribution >= 4 is 11.6 Å². The van der Waals surface area contributed by atoms with Gasteiger partial charge in [-0.1, -0.05) is 0 Å². The van der Waals surface area contributed by atoms with Crippen molar-refractivity contribution in [1.82, 2.24) is 29.7 Å². The van der Waals surface area contributed by atoms with Crippen LogP contribution < -0.4 is 5.32 Å². The number of nitrogens with zero attached hydrogens (tertiary/aromatic N) is 5. The summed E-state index contributed by atoms with van der Waals surface area (Å²) in [5.74, 6) is -0.225. The van der Waals surface area contributed by atoms with Gasteiger partial charge in [-0.15, -0.1) is 0 Å². The number of nitrogens with one attached hydrogen (secondary N) is 1. The summed E-state index contributed by atoms with van der Waals surface area (Å²) in [5, 5.41) is 11.3. The summed E-state index contributed by atoms with van der Waals surface area (Å²) in [6, 6.07) is 5.20. The highest BCUT2D eigenvalue weighted by atomic mass is 16.2. The molecule has 0 radical (unpaired) electrons. The van der Waals surface area contributed by atoms with E-state index in [-0.39, 0.29) is 11.9 Å². The van der Waals surface area contributed by atoms with Gasteiger partial charge >= 0.3 is 0 Å². The number of carbonyl (C=O) groups excluding carboxylic acids is 1. The molecule has 1 amide bonds. The van der Waals surface area contributed by atoms with E-state index >= 15 is 0 Å². The van der Waals surface area contributed by atoms with Crippen LogP contribution >= 0.6 is 0 Å². The van der Waals surface area contributed by atoms with Crippen LogP contribution in [0.25, 0.3) is 5.65 Å². The highest BCUT2D eigenvalue weighted by Crippen LogP contribution is 2.12. The lowest BCUT2D eigenvalue weighted by molar-refractivity contribution is 0.0933. The zero-order chi connectivity index (χ0) is 14.8. The number of hydrogen-bond acceptors (Lipinski definition) is 4. The first-order valence-corrected chi connectivity index (χ1v) is 6.82. The Bertz CT molecular complexity index is 741. The molecule has 108 valence electrons. The number of carbonyl (C=O) groups is 1. The molecule has 3 aromatic rings. The normalized spacial score (nSPS) is 12.5. The Labute approximate surface area is 121 Å². The molecule has 3 aromatic heterocycles. The Kier molecular flexibility index (Phi) is 3.39. The summed E-state index contributed by atoms with van der Waals surface area (Å²) in [5.41, 5.74) is 1.96. The van der Waals surface area contributed by atoms with E-state index in [9.17, 15) is 4.79 Å². The van der Waals surface area contributed by atoms with Gasteiger partial charge in [-0.05, 0) is 26.0 Å². The summed E-state index contributed by atoms with van der Waals surface area (Å²) in [4.78, 5) is 16.4. The van der Waals surface area contributed by atoms with Crippen molar-refractivity contribution in [2.45, 2.75) is 26.4 Å². The van der Waals surface area contributed by atoms with Crippen LogP contribution in [0.15, 0.2) is 36.8 Å². The van der Waals surface area contributed by atoms with E-state index < -0.39 is 0 Å². The minimum atomic E-state index is -0.225. The van der Waals surface area contributed by atoms with Gasteiger partial charge in [0, 0.05) is 31.2 Å². The lowest BCUT2D eigenvalue weighted by atomic mass is 10.2. The quantitative estimate of drug-likeness (QED) is 0.786. The smallest absolute Gasteiger partial charge is 0.272 e. The van der Waals surface area contributed by atoms with E-state index in [1.807, 2.05) is 24.6 Å². The van der Waals surface area contributed by atoms with Crippen molar-refractivity contribution in [3.8, 4) is 0 Å². The van der Waals surface area contributed by atoms with Crippen molar-refractivity contribution in [2.24, 2.45) is 0 Å². The van der Waals surface area contributed by atoms with Crippen LogP contribution in [0, 0.1) is 0 Å². The van der Waals surface area contributed by atoms with Gasteiger partial charge in [-0.3, -0.25) is 9.48 Å². The molecule has 0 fully saturated rings. The van der Waals surface area contributed by atoms with E-state index in [1.54, 1.807) is 35.2 Å². The predicted molar refractivity (Wildman–Crippen MR) is 76.8 cm³/mol. The Morgan fingerprint density at radius 1 is 1.43 bits per heavy atom. The molecule has 0 saturated carbocycles. The largest absolute Gasteiger partial charge is 0.343 e. The molecule has 21 heavy (non-hydrogen) atoms. The first-order valence-electron chi connectivity index (χ1n) is 6.82. The fraction of sp³-hybridized carbons (Fsp3) is 0.286. The topological polar surface area (TPSA) is 77.1 Å². The molecule has 0 aliphatic carbocycles. The summed E-state index contributed by atoms with van der Waals surface area (Å²) < 4.78 is 3.44. The molecule has 7 nitrogen and oxygen atoms in total. The molecule has 3 heterocycles. The molecule has 0 bridgehead atoms. The molecule has 0 aliphatic heterocycles. The molecule has 3 rings (SSSR count). The monoisotopic (exact) mass is 284 g/mol. The second-order valence-electron chi connectivity index (χ2n) is 4.72. The van der Waals surface area contributed by atoms with Crippen LogP contribution in [-0.4, -0.2) is 30.3 Å². The first-order chi connectivity index (χ1) is 10.2. The third-order valence-corrected chi connectivity index (χ3v) is 3.31. The zero-order valence-corrected chi connectivity index (χ0v) is 11.9. The molecule has 1 unspecified atom stereocenters. The molecule has 1 N–H and O–H groups in total. The van der Waals surface area contributed by atoms with Crippen LogP contribution in [0.2, 0.25) is 0 Å². The highest BCUT2D eigenvalue weighted by molar-refractivity contribution is 5.93. The van der Waals surface area contributed by atoms with Crippen LogP contribution in [0.1, 0.15) is 36.1 Å². The SMILES string of the molecule is CCn1nccc1C(C)NC(=O)c1cc2ncccn2n1. The number of rotatable bonds is 4. The average molecular weight is 284 g/mol. The average Bonchev–Trinajstić information content (AvgIpc) is 3.13. The lowest BCUT2D eigenvalue weighted by Crippen LogP contribution is -2.28. The Morgan fingerprint density at radius 2 is 2.29 bits per heavy atom. The van der Waals surface area contributed by atoms with E-state index in [0.29, 0.717) is 11.3 Å². The number of fused-ring (bicyclic) bond motifs is 1. The van der Waals surface area contributed by atoms with Gasteiger partial charge in [0.05, 0.1) is 11.7 Å². The second kappa shape index (κ2) is 5.35. The summed E-state index contributed by atoms with van der Waals surface area (Å²) in [7, 11) is 0. The van der Waals surface area contributed by atoms with Gasteiger partial charge in [-0.25, -0.2) is 9.50 Å². The fourth-order valence-electron chi connectivity index (χ4n) is 2.26. The Balaban J connectivity index is 1.79. The van der Waals surface area contributed by atoms with Gasteiger partial charge in [0.2, 0.25) is 0 Å². The number of aromatic nitrogens is 5. The van der Waals surface area contributed by atoms with Gasteiger partial charge in [-0.2, -0.15) is 10.2 Å². The van der Waals surface area contributed by atoms with Crippen LogP contribution in [0.4, 0.5) is 0 Å². The van der Waals surface area contributed by atoms with Gasteiger partial charge in [0.25, 0.3) is 5.91 Å². The summed E-state index contributed by atoms with van der Waals surface area (Å²) in [6.45, 7) is 4.70. The molecule has 0 saturated heterocycles. The maximum atomic E-state index is 12.3. The van der Waals surface area contributed by atoms with E-state index in [2.05, 4.69) is 20.5 Å². The van der Waals surface area contributed by atoms with E-state index in [1.165, 1.54) is 0 Å². The van der Waals surface area contributed by atoms with Gasteiger partial charge < -0.3 is 5.32 Å². The lowest BCUT2D eigenvalue weighted by Gasteiger charge is -2.14. The molecule has 0 aromatic carbocycles. The molecule has 7 heteroatoms. The van der Waals surface area contributed by atoms with Crippen LogP contribution in [-0.2, 0) is 6.54 Å². The maximum Gasteiger partial charge on any atom is 0.272 e. The Hall–Kier alpha value is -2.70. The summed E-state index contributed by atoms with van der Waals surface area (Å²) in [6.07, 6.45) is 5.16. The van der Waals surface area contributed by atoms with Crippen LogP contribution in [0.3, 0.4) is 0 Å². The zero-order valence-electron chi connectivity index (χ0n) is 11.9. The van der Waals surface area contributed by atoms with Gasteiger partial charge in [0.1, 0.15) is 0 Å². The second-order valence-corrected chi connectivity index (χ2v) is 4.72. The third-order valence-electron chi connectivity index (χ3n) is 3.31. The van der Waals surface area contributed by atoms with E-state index in [4.69, 9.17) is 0 Å². The van der Waals surface area contributed by atoms with Crippen LogP contribution in [0.5, 0.6) is 0 Å². The minimum absolute atomic E-state index is 0.141. The molecular weight excluding hydrogens is 268 g/mol. The third kappa shape index (κ3) is 2.49. The Morgan fingerprint density at radius 3 is 3.05 bits per heavy atom. The molecular formula is C14H16N6O. The molecule has 1 atom stereocenters. The van der Waals surface area contributed by atoms with Crippen molar-refractivity contribution in [1.29, 1.82) is 0 Å². The number of hydrogen-bond donors (Lipinski definition) is 1. The standard InChI is InChI=1S/C14H16N6O/c1-3-19-12(5-7-16-19)10(2)17-14(21)11-9-13-15-6-4-8-20(13)18-11/h4-10H,3H2,1-2H3,(H,17,21). The number of aryl methyl sites for hydroxylation is 1. The van der Waals surface area contributed by atoms with Crippen molar-refractivity contribution < 1.29 is 4.79 Å². The highest BCUT2D eigenvalue weighted by Gasteiger charge is 2.17. The summed E-state index contributed by atoms with van der Waals surface area (Å²) >= 11 is 0. The predicted octanol–water partition coefficient (Wildman–Crippen LogP) is 1.44. The van der Waals surface area contributed by atoms with Crippen molar-refractivity contribution in [3.05, 3.63) is 48.2 Å². The van der Waals surface area contributed by atoms with Gasteiger partial charge in [0.15, 0.2) is 11.3 Å².